The number of rotatable bonds is 3. The number of Topliss-reactive ketones (excluding diaryl/α,β-unsaturated/α-hetero) is 1. The molecule has 0 aliphatic heterocycles. The molecule has 18 heavy (non-hydrogen) atoms. The normalized spacial score (nSPS) is 11.5. The minimum absolute atomic E-state index is 0.153. The predicted molar refractivity (Wildman–Crippen MR) is 54.5 cm³/mol. The highest BCUT2D eigenvalue weighted by molar-refractivity contribution is 5.85. The molecule has 94 valence electrons. The molecule has 0 spiro atoms. The maximum absolute atomic E-state index is 12.0. The molecule has 2 aromatic rings. The van der Waals surface area contributed by atoms with Crippen LogP contribution in [0.2, 0.25) is 0 Å². The Labute approximate surface area is 99.4 Å². The lowest BCUT2D eigenvalue weighted by Crippen LogP contribution is -2.24. The molecular weight excluding hydrogens is 249 g/mol. The van der Waals surface area contributed by atoms with E-state index < -0.39 is 18.4 Å². The largest absolute Gasteiger partial charge is 0.450 e. The summed E-state index contributed by atoms with van der Waals surface area (Å²) < 4.78 is 40.7. The quantitative estimate of drug-likeness (QED) is 0.846. The molecule has 0 amide bonds. The van der Waals surface area contributed by atoms with E-state index in [0.717, 1.165) is 0 Å². The molecule has 0 aliphatic carbocycles. The van der Waals surface area contributed by atoms with Crippen molar-refractivity contribution in [2.45, 2.75) is 12.6 Å². The molecule has 0 fully saturated rings. The monoisotopic (exact) mass is 256 g/mol. The number of hydrogen-bond acceptors (Lipinski definition) is 4. The van der Waals surface area contributed by atoms with E-state index in [-0.39, 0.29) is 11.7 Å². The van der Waals surface area contributed by atoms with Crippen LogP contribution in [0.15, 0.2) is 34.9 Å². The smallest absolute Gasteiger partial charge is 0.338 e. The molecule has 0 bridgehead atoms. The highest BCUT2D eigenvalue weighted by Crippen LogP contribution is 2.20. The van der Waals surface area contributed by atoms with Gasteiger partial charge in [-0.05, 0) is 0 Å². The van der Waals surface area contributed by atoms with Crippen LogP contribution in [0.25, 0.3) is 11.4 Å². The van der Waals surface area contributed by atoms with Crippen LogP contribution in [0.3, 0.4) is 0 Å². The first-order chi connectivity index (χ1) is 8.47. The van der Waals surface area contributed by atoms with E-state index in [4.69, 9.17) is 0 Å². The van der Waals surface area contributed by atoms with E-state index in [1.807, 2.05) is 0 Å². The second-order valence-corrected chi connectivity index (χ2v) is 3.48. The number of carbonyl (C=O) groups excluding carboxylic acids is 1. The van der Waals surface area contributed by atoms with Crippen molar-refractivity contribution in [2.24, 2.45) is 0 Å². The number of hydrogen-bond donors (Lipinski definition) is 0. The van der Waals surface area contributed by atoms with Crippen molar-refractivity contribution in [3.63, 3.8) is 0 Å². The number of carbonyl (C=O) groups is 1. The fourth-order valence-electron chi connectivity index (χ4n) is 1.27. The Morgan fingerprint density at radius 1 is 1.22 bits per heavy atom. The Bertz CT molecular complexity index is 549. The first-order valence-corrected chi connectivity index (χ1v) is 4.95. The van der Waals surface area contributed by atoms with Crippen molar-refractivity contribution in [2.75, 3.05) is 0 Å². The van der Waals surface area contributed by atoms with E-state index >= 15 is 0 Å². The van der Waals surface area contributed by atoms with Crippen LogP contribution in [-0.2, 0) is 11.2 Å². The van der Waals surface area contributed by atoms with Crippen LogP contribution in [0.1, 0.15) is 5.89 Å². The molecule has 0 atom stereocenters. The summed E-state index contributed by atoms with van der Waals surface area (Å²) in [5.41, 5.74) is 0.604. The number of ketones is 1. The van der Waals surface area contributed by atoms with Crippen molar-refractivity contribution >= 4 is 5.78 Å². The second kappa shape index (κ2) is 4.59. The van der Waals surface area contributed by atoms with Crippen molar-refractivity contribution in [3.05, 3.63) is 36.2 Å². The summed E-state index contributed by atoms with van der Waals surface area (Å²) in [4.78, 5) is 14.5. The molecule has 0 radical (unpaired) electrons. The van der Waals surface area contributed by atoms with Gasteiger partial charge in [-0.15, -0.1) is 0 Å². The van der Waals surface area contributed by atoms with Crippen molar-refractivity contribution < 1.29 is 22.5 Å². The van der Waals surface area contributed by atoms with Crippen LogP contribution in [0, 0.1) is 0 Å². The van der Waals surface area contributed by atoms with E-state index in [2.05, 4.69) is 14.7 Å². The third-order valence-electron chi connectivity index (χ3n) is 2.13. The standard InChI is InChI=1S/C11H7F3N2O2/c12-11(13,14)8(17)6-9-15-10(16-18-9)7-4-2-1-3-5-7/h1-5H,6H2. The SMILES string of the molecule is O=C(Cc1nc(-c2ccccc2)no1)C(F)(F)F. The minimum Gasteiger partial charge on any atom is -0.338 e. The van der Waals surface area contributed by atoms with Crippen molar-refractivity contribution in [3.8, 4) is 11.4 Å². The number of benzene rings is 1. The summed E-state index contributed by atoms with van der Waals surface area (Å²) in [5.74, 6) is -2.11. The highest BCUT2D eigenvalue weighted by Gasteiger charge is 2.39. The van der Waals surface area contributed by atoms with E-state index in [9.17, 15) is 18.0 Å². The molecular formula is C11H7F3N2O2. The van der Waals surface area contributed by atoms with Gasteiger partial charge in [-0.25, -0.2) is 0 Å². The molecule has 2 rings (SSSR count). The average molecular weight is 256 g/mol. The molecule has 1 aromatic carbocycles. The van der Waals surface area contributed by atoms with Gasteiger partial charge in [-0.1, -0.05) is 35.5 Å². The Balaban J connectivity index is 2.15. The van der Waals surface area contributed by atoms with E-state index in [1.54, 1.807) is 30.3 Å². The lowest BCUT2D eigenvalue weighted by molar-refractivity contribution is -0.170. The first-order valence-electron chi connectivity index (χ1n) is 4.95. The van der Waals surface area contributed by atoms with Crippen LogP contribution >= 0.6 is 0 Å². The molecule has 0 saturated heterocycles. The summed E-state index contributed by atoms with van der Waals surface area (Å²) in [7, 11) is 0. The molecule has 0 saturated carbocycles. The Kier molecular flexibility index (Phi) is 3.14. The average Bonchev–Trinajstić information content (AvgIpc) is 2.77. The number of alkyl halides is 3. The Morgan fingerprint density at radius 3 is 2.50 bits per heavy atom. The maximum Gasteiger partial charge on any atom is 0.450 e. The summed E-state index contributed by atoms with van der Waals surface area (Å²) in [6.07, 6.45) is -5.83. The van der Waals surface area contributed by atoms with Gasteiger partial charge in [-0.3, -0.25) is 4.79 Å². The molecule has 0 aliphatic rings. The minimum atomic E-state index is -4.89. The highest BCUT2D eigenvalue weighted by atomic mass is 19.4. The lowest BCUT2D eigenvalue weighted by atomic mass is 10.2. The van der Waals surface area contributed by atoms with Gasteiger partial charge in [-0.2, -0.15) is 18.2 Å². The zero-order chi connectivity index (χ0) is 13.2. The van der Waals surface area contributed by atoms with Gasteiger partial charge >= 0.3 is 6.18 Å². The number of halogens is 3. The predicted octanol–water partition coefficient (Wildman–Crippen LogP) is 2.41. The fourth-order valence-corrected chi connectivity index (χ4v) is 1.27. The van der Waals surface area contributed by atoms with Gasteiger partial charge in [0.25, 0.3) is 0 Å². The summed E-state index contributed by atoms with van der Waals surface area (Å²) in [6.45, 7) is 0. The number of nitrogens with zero attached hydrogens (tertiary/aromatic N) is 2. The third-order valence-corrected chi connectivity index (χ3v) is 2.13. The van der Waals surface area contributed by atoms with Crippen molar-refractivity contribution in [1.82, 2.24) is 10.1 Å². The summed E-state index contributed by atoms with van der Waals surface area (Å²) in [5, 5.41) is 3.52. The number of aromatic nitrogens is 2. The van der Waals surface area contributed by atoms with Gasteiger partial charge in [0.05, 0.1) is 6.42 Å². The van der Waals surface area contributed by atoms with Gasteiger partial charge in [0.1, 0.15) is 0 Å². The molecule has 7 heteroatoms. The second-order valence-electron chi connectivity index (χ2n) is 3.48. The molecule has 4 nitrogen and oxygen atoms in total. The summed E-state index contributed by atoms with van der Waals surface area (Å²) in [6, 6.07) is 8.59. The lowest BCUT2D eigenvalue weighted by Gasteiger charge is -2.00. The van der Waals surface area contributed by atoms with Crippen molar-refractivity contribution in [1.29, 1.82) is 0 Å². The van der Waals surface area contributed by atoms with Crippen LogP contribution < -0.4 is 0 Å². The van der Waals surface area contributed by atoms with E-state index in [0.29, 0.717) is 5.56 Å². The first kappa shape index (κ1) is 12.3. The van der Waals surface area contributed by atoms with Gasteiger partial charge < -0.3 is 4.52 Å². The van der Waals surface area contributed by atoms with Gasteiger partial charge in [0.15, 0.2) is 0 Å². The molecule has 0 N–H and O–H groups in total. The Hall–Kier alpha value is -2.18. The zero-order valence-electron chi connectivity index (χ0n) is 8.94. The van der Waals surface area contributed by atoms with Gasteiger partial charge in [0.2, 0.25) is 17.5 Å². The fraction of sp³-hybridized carbons (Fsp3) is 0.182. The summed E-state index contributed by atoms with van der Waals surface area (Å²) >= 11 is 0. The van der Waals surface area contributed by atoms with E-state index in [1.165, 1.54) is 0 Å². The maximum atomic E-state index is 12.0. The zero-order valence-corrected chi connectivity index (χ0v) is 8.94. The molecule has 0 unspecified atom stereocenters. The third kappa shape index (κ3) is 2.73. The molecule has 1 aromatic heterocycles. The van der Waals surface area contributed by atoms with Gasteiger partial charge in [0, 0.05) is 5.56 Å². The molecule has 1 heterocycles. The topological polar surface area (TPSA) is 56.0 Å². The Morgan fingerprint density at radius 2 is 1.89 bits per heavy atom. The van der Waals surface area contributed by atoms with Crippen LogP contribution in [-0.4, -0.2) is 22.1 Å². The van der Waals surface area contributed by atoms with Crippen LogP contribution in [0.5, 0.6) is 0 Å². The van der Waals surface area contributed by atoms with Crippen LogP contribution in [0.4, 0.5) is 13.2 Å².